The van der Waals surface area contributed by atoms with Crippen molar-refractivity contribution < 1.29 is 4.74 Å². The average molecular weight is 176 g/mol. The Hall–Kier alpha value is -0.120. The third-order valence-electron chi connectivity index (χ3n) is 0.756. The van der Waals surface area contributed by atoms with Gasteiger partial charge in [0.05, 0.1) is 12.3 Å². The predicted octanol–water partition coefficient (Wildman–Crippen LogP) is 1.16. The average Bonchev–Trinajstić information content (AvgIpc) is 1.84. The summed E-state index contributed by atoms with van der Waals surface area (Å²) in [7, 11) is 7.73. The van der Waals surface area contributed by atoms with Crippen LogP contribution in [0.2, 0.25) is 0 Å². The SMILES string of the molecule is CN(C)COC(C)(C)C.CNC. The molecule has 0 unspecified atom stereocenters. The normalized spacial score (nSPS) is 11.0. The molecule has 0 fully saturated rings. The first-order valence-corrected chi connectivity index (χ1v) is 4.20. The molecule has 0 saturated carbocycles. The van der Waals surface area contributed by atoms with Crippen LogP contribution in [0.4, 0.5) is 0 Å². The Morgan fingerprint density at radius 3 is 1.58 bits per heavy atom. The zero-order valence-corrected chi connectivity index (χ0v) is 9.56. The number of hydrogen-bond donors (Lipinski definition) is 1. The summed E-state index contributed by atoms with van der Waals surface area (Å²) < 4.78 is 5.42. The molecular weight excluding hydrogens is 152 g/mol. The molecule has 76 valence electrons. The molecular formula is C9H24N2O. The Morgan fingerprint density at radius 2 is 1.50 bits per heavy atom. The number of hydrogen-bond acceptors (Lipinski definition) is 3. The zero-order valence-electron chi connectivity index (χ0n) is 9.56. The molecule has 0 aromatic rings. The first kappa shape index (κ1) is 14.4. The van der Waals surface area contributed by atoms with Gasteiger partial charge in [-0.1, -0.05) is 0 Å². The van der Waals surface area contributed by atoms with Crippen molar-refractivity contribution in [1.29, 1.82) is 0 Å². The van der Waals surface area contributed by atoms with Gasteiger partial charge in [-0.15, -0.1) is 0 Å². The lowest BCUT2D eigenvalue weighted by Crippen LogP contribution is -2.26. The zero-order chi connectivity index (χ0) is 10.2. The van der Waals surface area contributed by atoms with E-state index in [4.69, 9.17) is 4.74 Å². The number of rotatable bonds is 2. The topological polar surface area (TPSA) is 24.5 Å². The van der Waals surface area contributed by atoms with Crippen molar-refractivity contribution >= 4 is 0 Å². The van der Waals surface area contributed by atoms with E-state index in [1.165, 1.54) is 0 Å². The van der Waals surface area contributed by atoms with Crippen LogP contribution in [0.25, 0.3) is 0 Å². The molecule has 0 aliphatic carbocycles. The van der Waals surface area contributed by atoms with E-state index in [9.17, 15) is 0 Å². The molecule has 3 heteroatoms. The van der Waals surface area contributed by atoms with Gasteiger partial charge >= 0.3 is 0 Å². The first-order valence-electron chi connectivity index (χ1n) is 4.20. The highest BCUT2D eigenvalue weighted by Crippen LogP contribution is 2.05. The molecule has 0 spiro atoms. The summed E-state index contributed by atoms with van der Waals surface area (Å²) >= 11 is 0. The highest BCUT2D eigenvalue weighted by atomic mass is 16.5. The maximum absolute atomic E-state index is 5.42. The Bertz CT molecular complexity index is 87.0. The van der Waals surface area contributed by atoms with Crippen LogP contribution in [0.3, 0.4) is 0 Å². The lowest BCUT2D eigenvalue weighted by Gasteiger charge is -2.22. The van der Waals surface area contributed by atoms with Gasteiger partial charge < -0.3 is 10.1 Å². The third-order valence-corrected chi connectivity index (χ3v) is 0.756. The molecule has 0 saturated heterocycles. The lowest BCUT2D eigenvalue weighted by atomic mass is 10.2. The maximum atomic E-state index is 5.42. The summed E-state index contributed by atoms with van der Waals surface area (Å²) in [6, 6.07) is 0. The summed E-state index contributed by atoms with van der Waals surface area (Å²) in [6.07, 6.45) is 0. The van der Waals surface area contributed by atoms with Gasteiger partial charge in [0.25, 0.3) is 0 Å². The van der Waals surface area contributed by atoms with E-state index in [-0.39, 0.29) is 5.60 Å². The van der Waals surface area contributed by atoms with Crippen molar-refractivity contribution in [1.82, 2.24) is 10.2 Å². The molecule has 12 heavy (non-hydrogen) atoms. The van der Waals surface area contributed by atoms with Crippen LogP contribution < -0.4 is 5.32 Å². The Balaban J connectivity index is 0. The van der Waals surface area contributed by atoms with Crippen molar-refractivity contribution in [2.75, 3.05) is 34.9 Å². The summed E-state index contributed by atoms with van der Waals surface area (Å²) in [5.41, 5.74) is -0.00965. The minimum Gasteiger partial charge on any atom is -0.361 e. The monoisotopic (exact) mass is 176 g/mol. The summed E-state index contributed by atoms with van der Waals surface area (Å²) in [5, 5.41) is 2.75. The second-order valence-electron chi connectivity index (χ2n) is 3.97. The molecule has 1 N–H and O–H groups in total. The fourth-order valence-corrected chi connectivity index (χ4v) is 0.323. The van der Waals surface area contributed by atoms with E-state index < -0.39 is 0 Å². The number of ether oxygens (including phenoxy) is 1. The van der Waals surface area contributed by atoms with Gasteiger partial charge in [0, 0.05) is 0 Å². The summed E-state index contributed by atoms with van der Waals surface area (Å²) in [5.74, 6) is 0. The van der Waals surface area contributed by atoms with Gasteiger partial charge in [-0.05, 0) is 49.0 Å². The smallest absolute Gasteiger partial charge is 0.0992 e. The minimum absolute atomic E-state index is 0.00965. The fourth-order valence-electron chi connectivity index (χ4n) is 0.323. The van der Waals surface area contributed by atoms with E-state index in [0.29, 0.717) is 6.73 Å². The van der Waals surface area contributed by atoms with E-state index in [1.807, 2.05) is 33.1 Å². The lowest BCUT2D eigenvalue weighted by molar-refractivity contribution is -0.0488. The van der Waals surface area contributed by atoms with E-state index >= 15 is 0 Å². The summed E-state index contributed by atoms with van der Waals surface area (Å²) in [4.78, 5) is 2.01. The van der Waals surface area contributed by atoms with Crippen molar-refractivity contribution in [2.45, 2.75) is 26.4 Å². The van der Waals surface area contributed by atoms with Crippen LogP contribution in [-0.4, -0.2) is 45.4 Å². The van der Waals surface area contributed by atoms with Gasteiger partial charge in [-0.2, -0.15) is 0 Å². The van der Waals surface area contributed by atoms with Gasteiger partial charge in [0.2, 0.25) is 0 Å². The Morgan fingerprint density at radius 1 is 1.17 bits per heavy atom. The molecule has 0 rings (SSSR count). The van der Waals surface area contributed by atoms with E-state index in [2.05, 4.69) is 26.1 Å². The van der Waals surface area contributed by atoms with Crippen LogP contribution in [0, 0.1) is 0 Å². The van der Waals surface area contributed by atoms with Crippen LogP contribution in [0.5, 0.6) is 0 Å². The van der Waals surface area contributed by atoms with Crippen molar-refractivity contribution in [2.24, 2.45) is 0 Å². The minimum atomic E-state index is -0.00965. The van der Waals surface area contributed by atoms with Gasteiger partial charge in [0.1, 0.15) is 0 Å². The molecule has 0 bridgehead atoms. The quantitative estimate of drug-likeness (QED) is 0.639. The molecule has 0 heterocycles. The van der Waals surface area contributed by atoms with Crippen molar-refractivity contribution in [3.05, 3.63) is 0 Å². The van der Waals surface area contributed by atoms with Gasteiger partial charge in [0.15, 0.2) is 0 Å². The summed E-state index contributed by atoms with van der Waals surface area (Å²) in [6.45, 7) is 6.85. The molecule has 0 atom stereocenters. The Kier molecular flexibility index (Phi) is 9.03. The maximum Gasteiger partial charge on any atom is 0.0992 e. The van der Waals surface area contributed by atoms with Gasteiger partial charge in [-0.25, -0.2) is 0 Å². The highest BCUT2D eigenvalue weighted by molar-refractivity contribution is 4.57. The third kappa shape index (κ3) is 22.5. The van der Waals surface area contributed by atoms with Crippen LogP contribution in [-0.2, 0) is 4.74 Å². The number of nitrogens with zero attached hydrogens (tertiary/aromatic N) is 1. The van der Waals surface area contributed by atoms with Crippen molar-refractivity contribution in [3.8, 4) is 0 Å². The molecule has 3 nitrogen and oxygen atoms in total. The van der Waals surface area contributed by atoms with Crippen LogP contribution in [0.15, 0.2) is 0 Å². The largest absolute Gasteiger partial charge is 0.361 e. The standard InChI is InChI=1S/C7H17NO.C2H7N/c1-7(2,3)9-6-8(4)5;1-3-2/h6H2,1-5H3;3H,1-2H3. The predicted molar refractivity (Wildman–Crippen MR) is 54.4 cm³/mol. The first-order chi connectivity index (χ1) is 5.33. The molecule has 0 aromatic carbocycles. The van der Waals surface area contributed by atoms with Crippen LogP contribution >= 0.6 is 0 Å². The van der Waals surface area contributed by atoms with Gasteiger partial charge in [-0.3, -0.25) is 4.90 Å². The Labute approximate surface area is 77.1 Å². The van der Waals surface area contributed by atoms with Crippen molar-refractivity contribution in [3.63, 3.8) is 0 Å². The fraction of sp³-hybridized carbons (Fsp3) is 1.00. The van der Waals surface area contributed by atoms with E-state index in [0.717, 1.165) is 0 Å². The molecule has 0 amide bonds. The second-order valence-corrected chi connectivity index (χ2v) is 3.97. The molecule has 0 aromatic heterocycles. The highest BCUT2D eigenvalue weighted by Gasteiger charge is 2.09. The molecule has 0 aliphatic heterocycles. The second kappa shape index (κ2) is 7.53. The molecule has 0 aliphatic rings. The molecule has 0 radical (unpaired) electrons. The number of nitrogens with one attached hydrogen (secondary N) is 1. The van der Waals surface area contributed by atoms with E-state index in [1.54, 1.807) is 0 Å². The van der Waals surface area contributed by atoms with Crippen LogP contribution in [0.1, 0.15) is 20.8 Å².